The van der Waals surface area contributed by atoms with Crippen LogP contribution in [0, 0.1) is 0 Å². The maximum atomic E-state index is 4.78. The molecule has 1 N–H and O–H groups in total. The molecule has 0 spiro atoms. The van der Waals surface area contributed by atoms with Crippen LogP contribution in [0.25, 0.3) is 0 Å². The second-order valence-electron chi connectivity index (χ2n) is 6.49. The summed E-state index contributed by atoms with van der Waals surface area (Å²) in [6.45, 7) is 17.0. The van der Waals surface area contributed by atoms with Crippen molar-refractivity contribution in [2.75, 3.05) is 66.0 Å². The monoisotopic (exact) mass is 453 g/mol. The summed E-state index contributed by atoms with van der Waals surface area (Å²) in [5.41, 5.74) is 0. The normalized spacial score (nSPS) is 16.8. The van der Waals surface area contributed by atoms with Gasteiger partial charge in [-0.2, -0.15) is 0 Å². The molecule has 0 aromatic carbocycles. The molecule has 0 amide bonds. The minimum absolute atomic E-state index is 0. The maximum absolute atomic E-state index is 4.78. The summed E-state index contributed by atoms with van der Waals surface area (Å²) in [7, 11) is 2.14. The number of nitrogens with one attached hydrogen (secondary N) is 1. The zero-order valence-corrected chi connectivity index (χ0v) is 18.7. The Balaban J connectivity index is 0.00000529. The van der Waals surface area contributed by atoms with Crippen LogP contribution in [0.5, 0.6) is 0 Å². The molecule has 0 saturated carbocycles. The number of halogens is 1. The average molecular weight is 453 g/mol. The fourth-order valence-corrected chi connectivity index (χ4v) is 2.93. The number of hydrogen-bond donors (Lipinski definition) is 1. The van der Waals surface area contributed by atoms with Gasteiger partial charge in [-0.1, -0.05) is 20.3 Å². The number of unbranched alkanes of at least 4 members (excludes halogenated alkanes) is 2. The number of likely N-dealkylation sites (N-methyl/N-ethyl adjacent to an activating group) is 1. The van der Waals surface area contributed by atoms with Crippen LogP contribution in [0.15, 0.2) is 4.99 Å². The van der Waals surface area contributed by atoms with E-state index in [1.54, 1.807) is 0 Å². The first-order valence-electron chi connectivity index (χ1n) is 9.65. The van der Waals surface area contributed by atoms with Gasteiger partial charge in [-0.15, -0.1) is 24.0 Å². The van der Waals surface area contributed by atoms with Gasteiger partial charge < -0.3 is 20.0 Å². The molecule has 0 aromatic rings. The predicted octanol–water partition coefficient (Wildman–Crippen LogP) is 2.72. The average Bonchev–Trinajstić information content (AvgIpc) is 2.59. The second kappa shape index (κ2) is 15.2. The lowest BCUT2D eigenvalue weighted by atomic mass is 10.2. The topological polar surface area (TPSA) is 34.1 Å². The van der Waals surface area contributed by atoms with Gasteiger partial charge in [-0.3, -0.25) is 4.99 Å². The third-order valence-corrected chi connectivity index (χ3v) is 4.60. The molecule has 5 nitrogen and oxygen atoms in total. The van der Waals surface area contributed by atoms with E-state index in [9.17, 15) is 0 Å². The van der Waals surface area contributed by atoms with Crippen molar-refractivity contribution in [3.63, 3.8) is 0 Å². The molecule has 6 heteroatoms. The van der Waals surface area contributed by atoms with Gasteiger partial charge in [0, 0.05) is 52.9 Å². The number of piperazine rings is 1. The Bertz CT molecular complexity index is 317. The number of hydrogen-bond acceptors (Lipinski definition) is 3. The van der Waals surface area contributed by atoms with Crippen molar-refractivity contribution in [1.29, 1.82) is 0 Å². The molecule has 0 aromatic heterocycles. The van der Waals surface area contributed by atoms with Gasteiger partial charge in [-0.25, -0.2) is 0 Å². The van der Waals surface area contributed by atoms with Crippen molar-refractivity contribution in [2.45, 2.75) is 46.5 Å². The number of rotatable bonds is 10. The van der Waals surface area contributed by atoms with Crippen molar-refractivity contribution >= 4 is 29.9 Å². The van der Waals surface area contributed by atoms with Crippen LogP contribution >= 0.6 is 24.0 Å². The van der Waals surface area contributed by atoms with E-state index in [1.807, 2.05) is 0 Å². The fraction of sp³-hybridized carbons (Fsp3) is 0.944. The lowest BCUT2D eigenvalue weighted by Gasteiger charge is -2.33. The molecular weight excluding hydrogens is 413 g/mol. The Morgan fingerprint density at radius 2 is 1.67 bits per heavy atom. The first-order valence-corrected chi connectivity index (χ1v) is 9.65. The van der Waals surface area contributed by atoms with Crippen LogP contribution in [-0.4, -0.2) is 86.6 Å². The van der Waals surface area contributed by atoms with Gasteiger partial charge in [0.2, 0.25) is 0 Å². The molecule has 1 aliphatic rings. The minimum Gasteiger partial charge on any atom is -0.357 e. The Labute approximate surface area is 167 Å². The molecule has 0 radical (unpaired) electrons. The highest BCUT2D eigenvalue weighted by Gasteiger charge is 2.14. The summed E-state index contributed by atoms with van der Waals surface area (Å²) in [5.74, 6) is 1.07. The van der Waals surface area contributed by atoms with Crippen molar-refractivity contribution in [3.8, 4) is 0 Å². The summed E-state index contributed by atoms with van der Waals surface area (Å²) in [6, 6.07) is 0. The van der Waals surface area contributed by atoms with Crippen LogP contribution < -0.4 is 5.32 Å². The van der Waals surface area contributed by atoms with Crippen LogP contribution in [0.1, 0.15) is 46.5 Å². The quantitative estimate of drug-likeness (QED) is 0.239. The summed E-state index contributed by atoms with van der Waals surface area (Å²) < 4.78 is 0. The third kappa shape index (κ3) is 10.0. The summed E-state index contributed by atoms with van der Waals surface area (Å²) >= 11 is 0. The molecular formula is C18H40IN5. The molecule has 1 aliphatic heterocycles. The van der Waals surface area contributed by atoms with Crippen LogP contribution in [0.3, 0.4) is 0 Å². The van der Waals surface area contributed by atoms with E-state index in [0.29, 0.717) is 0 Å². The van der Waals surface area contributed by atoms with E-state index >= 15 is 0 Å². The Morgan fingerprint density at radius 1 is 1.00 bits per heavy atom. The predicted molar refractivity (Wildman–Crippen MR) is 117 cm³/mol. The molecule has 1 saturated heterocycles. The van der Waals surface area contributed by atoms with Gasteiger partial charge >= 0.3 is 0 Å². The molecule has 0 bridgehead atoms. The van der Waals surface area contributed by atoms with Crippen molar-refractivity contribution in [3.05, 3.63) is 0 Å². The molecule has 0 aliphatic carbocycles. The third-order valence-electron chi connectivity index (χ3n) is 4.60. The first kappa shape index (κ1) is 23.9. The smallest absolute Gasteiger partial charge is 0.193 e. The Morgan fingerprint density at radius 3 is 2.25 bits per heavy atom. The number of guanidine groups is 1. The van der Waals surface area contributed by atoms with Crippen LogP contribution in [-0.2, 0) is 0 Å². The molecule has 144 valence electrons. The van der Waals surface area contributed by atoms with Crippen molar-refractivity contribution in [2.24, 2.45) is 4.99 Å². The van der Waals surface area contributed by atoms with E-state index in [4.69, 9.17) is 4.99 Å². The van der Waals surface area contributed by atoms with Crippen molar-refractivity contribution in [1.82, 2.24) is 20.0 Å². The van der Waals surface area contributed by atoms with Gasteiger partial charge in [0.1, 0.15) is 0 Å². The van der Waals surface area contributed by atoms with E-state index in [2.05, 4.69) is 47.8 Å². The van der Waals surface area contributed by atoms with Gasteiger partial charge in [0.15, 0.2) is 5.96 Å². The fourth-order valence-electron chi connectivity index (χ4n) is 2.93. The first-order chi connectivity index (χ1) is 11.2. The van der Waals surface area contributed by atoms with E-state index in [1.165, 1.54) is 65.0 Å². The molecule has 1 fully saturated rings. The molecule has 0 atom stereocenters. The van der Waals surface area contributed by atoms with Crippen LogP contribution in [0.2, 0.25) is 0 Å². The Kier molecular flexibility index (Phi) is 15.1. The molecule has 0 unspecified atom stereocenters. The number of aliphatic imine (C=N–C) groups is 1. The lowest BCUT2D eigenvalue weighted by molar-refractivity contribution is 0.136. The zero-order chi connectivity index (χ0) is 16.9. The van der Waals surface area contributed by atoms with Gasteiger partial charge in [0.25, 0.3) is 0 Å². The molecule has 1 heterocycles. The van der Waals surface area contributed by atoms with E-state index in [-0.39, 0.29) is 24.0 Å². The largest absolute Gasteiger partial charge is 0.357 e. The molecule has 1 rings (SSSR count). The lowest BCUT2D eigenvalue weighted by Crippen LogP contribution is -2.46. The highest BCUT2D eigenvalue weighted by atomic mass is 127. The van der Waals surface area contributed by atoms with Gasteiger partial charge in [0.05, 0.1) is 0 Å². The maximum Gasteiger partial charge on any atom is 0.193 e. The number of nitrogens with zero attached hydrogens (tertiary/aromatic N) is 4. The summed E-state index contributed by atoms with van der Waals surface area (Å²) in [6.07, 6.45) is 4.90. The highest BCUT2D eigenvalue weighted by molar-refractivity contribution is 14.0. The summed E-state index contributed by atoms with van der Waals surface area (Å²) in [4.78, 5) is 12.2. The standard InChI is InChI=1S/C18H39N5.HI/c1-5-8-12-21(4)18(19-6-2)20-11-9-10-13-23-16-14-22(7-3)15-17-23;/h5-17H2,1-4H3,(H,19,20);1H. The Hall–Kier alpha value is -0.0800. The van der Waals surface area contributed by atoms with E-state index in [0.717, 1.165) is 25.6 Å². The second-order valence-corrected chi connectivity index (χ2v) is 6.49. The minimum atomic E-state index is 0. The SMILES string of the molecule is CCCCN(C)C(=NCCCCN1CCN(CC)CC1)NCC.I. The zero-order valence-electron chi connectivity index (χ0n) is 16.4. The van der Waals surface area contributed by atoms with E-state index < -0.39 is 0 Å². The summed E-state index contributed by atoms with van der Waals surface area (Å²) in [5, 5.41) is 3.40. The van der Waals surface area contributed by atoms with Crippen LogP contribution in [0.4, 0.5) is 0 Å². The highest BCUT2D eigenvalue weighted by Crippen LogP contribution is 2.03. The van der Waals surface area contributed by atoms with Crippen molar-refractivity contribution < 1.29 is 0 Å². The van der Waals surface area contributed by atoms with Gasteiger partial charge in [-0.05, 0) is 39.3 Å². The molecule has 24 heavy (non-hydrogen) atoms.